The fourth-order valence-corrected chi connectivity index (χ4v) is 11.9. The third-order valence-electron chi connectivity index (χ3n) is 16.9. The number of hydrogen-bond acceptors (Lipinski definition) is 40. The van der Waals surface area contributed by atoms with Gasteiger partial charge in [-0.15, -0.1) is 0 Å². The van der Waals surface area contributed by atoms with Gasteiger partial charge in [-0.3, -0.25) is 0 Å². The summed E-state index contributed by atoms with van der Waals surface area (Å²) in [4.78, 5) is 0. The van der Waals surface area contributed by atoms with Crippen molar-refractivity contribution in [2.24, 2.45) is 0 Å². The second-order valence-electron chi connectivity index (χ2n) is 22.5. The molecule has 41 heteroatoms. The first kappa shape index (κ1) is 73.7. The SMILES string of the molecule is OC[C@H]1O[C@@H]2O[C@H]3[C@H](O)[C@@H](O)[C@@H](O[C@H]4[C@H](O)[C@@H](O)[C@@H](O[C@H]5[C@H](O)[C@@H](O)[C@@H](O[C@H]6[C@H](O)[C@@H](O)[C@@H](O[C@H]7[C@H](O)[C@@H](O)[C@@H](O[C@H]8[C@H](O)[C@@H](O)[C@@H](O[C@H]9[C@H](O)[C@@H](O)[C@@H](O[C@H]1[C@H](O)[C@H]2O)O[C@@H]9CO)O[C@@H]8CO)O[C@@H]7CO)O[C@@H]6CO)O[C@@H]5CO)O[C@@H]4CO)O[C@@H]3CO.[Mn+2]. The van der Waals surface area contributed by atoms with Gasteiger partial charge >= 0.3 is 17.1 Å². The van der Waals surface area contributed by atoms with Crippen molar-refractivity contribution in [2.45, 2.75) is 246 Å². The first-order chi connectivity index (χ1) is 41.9. The molecule has 24 N–H and O–H groups in total. The van der Waals surface area contributed by atoms with Crippen molar-refractivity contribution in [3.63, 3.8) is 0 Å². The van der Waals surface area contributed by atoms with Crippen molar-refractivity contribution in [1.29, 1.82) is 0 Å². The predicted molar refractivity (Wildman–Crippen MR) is 261 cm³/mol. The van der Waals surface area contributed by atoms with Crippen molar-refractivity contribution in [2.75, 3.05) is 52.9 Å². The molecule has 0 unspecified atom stereocenters. The van der Waals surface area contributed by atoms with Gasteiger partial charge in [0.1, 0.15) is 195 Å². The summed E-state index contributed by atoms with van der Waals surface area (Å²) in [6, 6.07) is 0. The fraction of sp³-hybridized carbons (Fsp3) is 1.00. The molecule has 30 aliphatic heterocycles. The summed E-state index contributed by atoms with van der Waals surface area (Å²) < 4.78 is 91.1. The largest absolute Gasteiger partial charge is 2.00 e. The maximum Gasteiger partial charge on any atom is 2.00 e. The number of rotatable bonds is 8. The minimum absolute atomic E-state index is 0. The van der Waals surface area contributed by atoms with Crippen LogP contribution in [0.3, 0.4) is 0 Å². The van der Waals surface area contributed by atoms with Crippen molar-refractivity contribution >= 4 is 0 Å². The summed E-state index contributed by atoms with van der Waals surface area (Å²) in [6.45, 7) is -8.64. The third-order valence-corrected chi connectivity index (χ3v) is 16.9. The molecule has 0 aromatic carbocycles. The summed E-state index contributed by atoms with van der Waals surface area (Å²) in [7, 11) is 0. The molecule has 0 aliphatic carbocycles. The molecular weight excluding hydrogens is 1270 g/mol. The molecule has 30 heterocycles. The maximum absolute atomic E-state index is 11.4. The van der Waals surface area contributed by atoms with Gasteiger partial charge in [0.25, 0.3) is 0 Å². The zero-order valence-corrected chi connectivity index (χ0v) is 47.6. The van der Waals surface area contributed by atoms with Crippen molar-refractivity contribution in [3.8, 4) is 0 Å². The van der Waals surface area contributed by atoms with Crippen LogP contribution in [0.2, 0.25) is 0 Å². The average molecular weight is 1350 g/mol. The van der Waals surface area contributed by atoms with Crippen LogP contribution >= 0.6 is 0 Å². The van der Waals surface area contributed by atoms with Gasteiger partial charge < -0.3 is 198 Å². The maximum atomic E-state index is 11.4. The van der Waals surface area contributed by atoms with Gasteiger partial charge in [0.05, 0.1) is 52.9 Å². The van der Waals surface area contributed by atoms with Gasteiger partial charge in [-0.25, -0.2) is 0 Å². The van der Waals surface area contributed by atoms with E-state index in [4.69, 9.17) is 75.8 Å². The molecule has 30 aliphatic rings. The molecule has 40 atom stereocenters. The fourth-order valence-electron chi connectivity index (χ4n) is 11.9. The van der Waals surface area contributed by atoms with Crippen LogP contribution in [0.1, 0.15) is 0 Å². The molecule has 0 aromatic heterocycles. The van der Waals surface area contributed by atoms with E-state index in [0.29, 0.717) is 0 Å². The number of aliphatic hydroxyl groups is 24. The van der Waals surface area contributed by atoms with E-state index < -0.39 is 299 Å². The molecule has 517 valence electrons. The molecule has 30 fully saturated rings. The molecule has 40 nitrogen and oxygen atoms in total. The Morgan fingerprint density at radius 3 is 0.315 bits per heavy atom. The van der Waals surface area contributed by atoms with E-state index in [1.54, 1.807) is 0 Å². The van der Waals surface area contributed by atoms with Crippen LogP contribution < -0.4 is 0 Å². The monoisotopic (exact) mass is 1350 g/mol. The Labute approximate surface area is 512 Å². The summed E-state index contributed by atoms with van der Waals surface area (Å²) in [5, 5.41) is 265. The van der Waals surface area contributed by atoms with Crippen LogP contribution in [-0.4, -0.2) is 421 Å². The molecule has 0 amide bonds. The number of ether oxygens (including phenoxy) is 16. The first-order valence-corrected chi connectivity index (χ1v) is 28.1. The van der Waals surface area contributed by atoms with Gasteiger partial charge in [-0.1, -0.05) is 0 Å². The molecule has 0 saturated carbocycles. The Balaban J connectivity index is 0.0000102. The van der Waals surface area contributed by atoms with Gasteiger partial charge in [0.15, 0.2) is 50.3 Å². The normalized spacial score (nSPS) is 54.7. The van der Waals surface area contributed by atoms with E-state index in [9.17, 15) is 123 Å². The Morgan fingerprint density at radius 1 is 0.146 bits per heavy atom. The summed E-state index contributed by atoms with van der Waals surface area (Å²) in [5.41, 5.74) is 0. The number of hydrogen-bond donors (Lipinski definition) is 24. The Kier molecular flexibility index (Phi) is 26.0. The van der Waals surface area contributed by atoms with Gasteiger partial charge in [-0.2, -0.15) is 0 Å². The van der Waals surface area contributed by atoms with Crippen molar-refractivity contribution in [1.82, 2.24) is 0 Å². The Bertz CT molecular complexity index is 1710. The van der Waals surface area contributed by atoms with Crippen LogP contribution in [0.4, 0.5) is 0 Å². The van der Waals surface area contributed by atoms with E-state index in [0.717, 1.165) is 0 Å². The van der Waals surface area contributed by atoms with E-state index in [1.165, 1.54) is 0 Å². The second kappa shape index (κ2) is 31.4. The van der Waals surface area contributed by atoms with Crippen LogP contribution in [0.15, 0.2) is 0 Å². The third kappa shape index (κ3) is 14.6. The Hall–Kier alpha value is -1.08. The van der Waals surface area contributed by atoms with Gasteiger partial charge in [0.2, 0.25) is 0 Å². The molecule has 16 bridgehead atoms. The Morgan fingerprint density at radius 2 is 0.236 bits per heavy atom. The molecule has 89 heavy (non-hydrogen) atoms. The predicted octanol–water partition coefficient (Wildman–Crippen LogP) is -17.4. The van der Waals surface area contributed by atoms with E-state index >= 15 is 0 Å². The molecule has 30 rings (SSSR count). The van der Waals surface area contributed by atoms with Crippen LogP contribution in [0, 0.1) is 0 Å². The van der Waals surface area contributed by atoms with Crippen molar-refractivity contribution < 1.29 is 215 Å². The van der Waals surface area contributed by atoms with E-state index in [-0.39, 0.29) is 17.1 Å². The van der Waals surface area contributed by atoms with Crippen LogP contribution in [0.25, 0.3) is 0 Å². The first-order valence-electron chi connectivity index (χ1n) is 28.1. The van der Waals surface area contributed by atoms with Crippen LogP contribution in [-0.2, 0) is 92.9 Å². The standard InChI is InChI=1S/C48H80O40.Mn/c49-1-9-33-17(57)25(65)41(73-9)82-34-10(2-50)75-43(27(67)19(34)59)84-36-12(4-52)77-45(29(69)21(36)61)86-38-14(6-54)79-47(31(71)23(38)63)88-40-16(8-56)80-48(32(72)24(40)64)87-39-15(7-55)78-46(30(70)22(39)62)85-37-13(5-53)76-44(28(68)20(37)60)83-35-11(3-51)74-42(81-33)26(66)18(35)58;/h9-72H,1-8H2;/q;+2/t9-,10-,11-,12-,13-,14-,15-,16-,17-,18-,19-,20-,21-,22-,23-,24-,25-,26-,27-,28-,29-,30-,31-,32-,33-,34-,35-,36-,37-,38-,39-,40-,41-,42-,43-,44-,45-,46-,47-,48-;/m1./s1. The van der Waals surface area contributed by atoms with Gasteiger partial charge in [0, 0.05) is 0 Å². The molecule has 0 aromatic rings. The second-order valence-corrected chi connectivity index (χ2v) is 22.5. The summed E-state index contributed by atoms with van der Waals surface area (Å²) >= 11 is 0. The molecule has 0 spiro atoms. The quantitative estimate of drug-likeness (QED) is 0.100. The average Bonchev–Trinajstić information content (AvgIpc) is 1.09. The summed E-state index contributed by atoms with van der Waals surface area (Å²) in [6.07, 6.45) is -82.0. The van der Waals surface area contributed by atoms with E-state index in [1.807, 2.05) is 0 Å². The van der Waals surface area contributed by atoms with E-state index in [2.05, 4.69) is 0 Å². The smallest absolute Gasteiger partial charge is 0.394 e. The molecular formula is C48H80MnO40+2. The number of aliphatic hydroxyl groups excluding tert-OH is 24. The molecule has 1 radical (unpaired) electrons. The zero-order valence-electron chi connectivity index (χ0n) is 46.4. The van der Waals surface area contributed by atoms with Gasteiger partial charge in [-0.05, 0) is 0 Å². The van der Waals surface area contributed by atoms with Crippen molar-refractivity contribution in [3.05, 3.63) is 0 Å². The minimum Gasteiger partial charge on any atom is -0.394 e. The zero-order chi connectivity index (χ0) is 64.1. The summed E-state index contributed by atoms with van der Waals surface area (Å²) in [5.74, 6) is 0. The topological polar surface area (TPSA) is 633 Å². The van der Waals surface area contributed by atoms with Crippen LogP contribution in [0.5, 0.6) is 0 Å². The molecule has 30 saturated heterocycles. The minimum atomic E-state index is -2.25.